The molecule has 2 heterocycles. The van der Waals surface area contributed by atoms with Gasteiger partial charge in [-0.1, -0.05) is 12.1 Å². The number of fused-ring (bicyclic) bond motifs is 1. The Morgan fingerprint density at radius 2 is 1.87 bits per heavy atom. The zero-order valence-corrected chi connectivity index (χ0v) is 22.7. The minimum Gasteiger partial charge on any atom is -0.495 e. The Balaban J connectivity index is 1.43. The maximum Gasteiger partial charge on any atom is 0.214 e. The smallest absolute Gasteiger partial charge is 0.214 e. The Labute approximate surface area is 225 Å². The summed E-state index contributed by atoms with van der Waals surface area (Å²) in [5, 5.41) is 5.10. The summed E-state index contributed by atoms with van der Waals surface area (Å²) in [5.41, 5.74) is 9.56. The Morgan fingerprint density at radius 3 is 2.56 bits per heavy atom. The number of nitrogen functional groups attached to an aromatic ring is 1. The fourth-order valence-electron chi connectivity index (χ4n) is 4.28. The largest absolute Gasteiger partial charge is 0.495 e. The van der Waals surface area contributed by atoms with Gasteiger partial charge in [-0.2, -0.15) is 5.10 Å². The predicted octanol–water partition coefficient (Wildman–Crippen LogP) is 5.02. The van der Waals surface area contributed by atoms with E-state index in [0.717, 1.165) is 10.9 Å². The van der Waals surface area contributed by atoms with Gasteiger partial charge in [0.1, 0.15) is 17.3 Å². The summed E-state index contributed by atoms with van der Waals surface area (Å²) in [6.45, 7) is 1.84. The summed E-state index contributed by atoms with van der Waals surface area (Å²) in [7, 11) is -1.06. The van der Waals surface area contributed by atoms with Crippen LogP contribution in [0.25, 0.3) is 16.6 Å². The summed E-state index contributed by atoms with van der Waals surface area (Å²) in [6, 6.07) is 16.5. The average Bonchev–Trinajstić information content (AvgIpc) is 3.47. The first-order valence-electron chi connectivity index (χ1n) is 12.0. The van der Waals surface area contributed by atoms with Gasteiger partial charge in [0.15, 0.2) is 11.6 Å². The molecular weight excluding hydrogens is 521 g/mol. The van der Waals surface area contributed by atoms with E-state index in [1.54, 1.807) is 67.1 Å². The van der Waals surface area contributed by atoms with E-state index in [4.69, 9.17) is 15.2 Å². The van der Waals surface area contributed by atoms with Crippen LogP contribution < -0.4 is 19.9 Å². The second-order valence-electron chi connectivity index (χ2n) is 9.45. The van der Waals surface area contributed by atoms with Gasteiger partial charge in [0.05, 0.1) is 35.9 Å². The molecule has 0 bridgehead atoms. The molecule has 39 heavy (non-hydrogen) atoms. The van der Waals surface area contributed by atoms with Crippen molar-refractivity contribution in [3.63, 3.8) is 0 Å². The van der Waals surface area contributed by atoms with Crippen LogP contribution in [-0.2, 0) is 10.1 Å². The quantitative estimate of drug-likeness (QED) is 0.159. The van der Waals surface area contributed by atoms with Gasteiger partial charge in [-0.05, 0) is 71.1 Å². The molecular formula is C28H28FN5O4S. The number of carbonyl (C=O) groups is 1. The molecule has 202 valence electrons. The number of carbonyl (C=O) groups excluding carboxylic acids is 1. The van der Waals surface area contributed by atoms with Crippen molar-refractivity contribution < 1.29 is 22.9 Å². The lowest BCUT2D eigenvalue weighted by atomic mass is 10.1. The standard InChI is InChI=1S/C28H28FN5O4S/c1-16-11-18(38-25-8-6-5-7-20(25)29)9-10-24(16)34-28(30)19(15-31-34)27(35)23-12-17-13-26(37-2)22(14-21(17)32-23)33-39(3,4)36/h5-15,32,39H,30H2,1-4H3,(H,33,36). The predicted molar refractivity (Wildman–Crippen MR) is 152 cm³/mol. The van der Waals surface area contributed by atoms with E-state index in [0.29, 0.717) is 34.1 Å². The van der Waals surface area contributed by atoms with Crippen molar-refractivity contribution in [2.24, 2.45) is 0 Å². The first-order chi connectivity index (χ1) is 18.5. The lowest BCUT2D eigenvalue weighted by Gasteiger charge is -2.18. The third-order valence-electron chi connectivity index (χ3n) is 6.09. The van der Waals surface area contributed by atoms with Gasteiger partial charge in [0.2, 0.25) is 5.78 Å². The van der Waals surface area contributed by atoms with E-state index in [9.17, 15) is 13.4 Å². The first-order valence-corrected chi connectivity index (χ1v) is 14.6. The van der Waals surface area contributed by atoms with Gasteiger partial charge < -0.3 is 24.9 Å². The minimum absolute atomic E-state index is 0.119. The molecule has 0 saturated heterocycles. The number of aromatic nitrogens is 3. The Hall–Kier alpha value is -4.64. The number of anilines is 2. The lowest BCUT2D eigenvalue weighted by molar-refractivity contribution is 0.103. The molecule has 0 radical (unpaired) electrons. The number of nitrogens with one attached hydrogen (secondary N) is 2. The highest BCUT2D eigenvalue weighted by Gasteiger charge is 2.21. The third kappa shape index (κ3) is 5.21. The molecule has 0 atom stereocenters. The number of ether oxygens (including phenoxy) is 2. The molecule has 0 spiro atoms. The second-order valence-corrected chi connectivity index (χ2v) is 12.4. The number of aromatic amines is 1. The molecule has 5 aromatic rings. The van der Waals surface area contributed by atoms with Gasteiger partial charge in [-0.25, -0.2) is 9.07 Å². The molecule has 9 nitrogen and oxygen atoms in total. The highest BCUT2D eigenvalue weighted by molar-refractivity contribution is 8.02. The lowest BCUT2D eigenvalue weighted by Crippen LogP contribution is -2.18. The summed E-state index contributed by atoms with van der Waals surface area (Å²) in [5.74, 6) is 0.452. The van der Waals surface area contributed by atoms with Crippen molar-refractivity contribution in [2.45, 2.75) is 6.92 Å². The van der Waals surface area contributed by atoms with Crippen molar-refractivity contribution >= 4 is 38.3 Å². The highest BCUT2D eigenvalue weighted by atomic mass is 32.3. The Bertz CT molecular complexity index is 1770. The number of nitrogens with two attached hydrogens (primary N) is 1. The fraction of sp³-hybridized carbons (Fsp3) is 0.143. The number of halogens is 1. The molecule has 3 aromatic carbocycles. The van der Waals surface area contributed by atoms with Crippen LogP contribution in [0.2, 0.25) is 0 Å². The number of nitrogens with zero attached hydrogens (tertiary/aromatic N) is 2. The number of rotatable bonds is 8. The van der Waals surface area contributed by atoms with Crippen LogP contribution in [0.3, 0.4) is 0 Å². The fourth-order valence-corrected chi connectivity index (χ4v) is 5.04. The van der Waals surface area contributed by atoms with E-state index in [-0.39, 0.29) is 22.9 Å². The van der Waals surface area contributed by atoms with Crippen LogP contribution in [0.1, 0.15) is 21.6 Å². The van der Waals surface area contributed by atoms with Crippen molar-refractivity contribution in [3.8, 4) is 22.9 Å². The number of methoxy groups -OCH3 is 1. The second kappa shape index (κ2) is 9.91. The minimum atomic E-state index is -2.59. The highest BCUT2D eigenvalue weighted by Crippen LogP contribution is 2.33. The third-order valence-corrected chi connectivity index (χ3v) is 6.87. The number of hydrogen-bond acceptors (Lipinski definition) is 6. The van der Waals surface area contributed by atoms with Crippen molar-refractivity contribution in [1.29, 1.82) is 0 Å². The average molecular weight is 550 g/mol. The molecule has 4 N–H and O–H groups in total. The number of aryl methyl sites for hydroxylation is 1. The first kappa shape index (κ1) is 26.0. The Morgan fingerprint density at radius 1 is 1.10 bits per heavy atom. The molecule has 0 aliphatic heterocycles. The summed E-state index contributed by atoms with van der Waals surface area (Å²) in [4.78, 5) is 16.5. The number of ketones is 1. The van der Waals surface area contributed by atoms with Gasteiger partial charge in [0, 0.05) is 23.4 Å². The molecule has 0 unspecified atom stereocenters. The maximum atomic E-state index is 14.0. The normalized spacial score (nSPS) is 11.9. The Kier molecular flexibility index (Phi) is 6.61. The number of H-pyrrole nitrogens is 1. The van der Waals surface area contributed by atoms with E-state index >= 15 is 0 Å². The van der Waals surface area contributed by atoms with Crippen molar-refractivity contribution in [3.05, 3.63) is 89.5 Å². The van der Waals surface area contributed by atoms with Gasteiger partial charge in [-0.3, -0.25) is 9.00 Å². The topological polar surface area (TPSA) is 124 Å². The molecule has 11 heteroatoms. The van der Waals surface area contributed by atoms with E-state index in [1.807, 2.05) is 6.92 Å². The molecule has 0 saturated carbocycles. The maximum absolute atomic E-state index is 14.0. The zero-order chi connectivity index (χ0) is 27.9. The van der Waals surface area contributed by atoms with Crippen LogP contribution in [0.5, 0.6) is 17.2 Å². The van der Waals surface area contributed by atoms with Gasteiger partial charge in [0.25, 0.3) is 0 Å². The molecule has 0 fully saturated rings. The summed E-state index contributed by atoms with van der Waals surface area (Å²) in [6.07, 6.45) is 4.66. The molecule has 0 amide bonds. The van der Waals surface area contributed by atoms with Gasteiger partial charge >= 0.3 is 0 Å². The summed E-state index contributed by atoms with van der Waals surface area (Å²) < 4.78 is 41.8. The van der Waals surface area contributed by atoms with E-state index < -0.39 is 15.9 Å². The van der Waals surface area contributed by atoms with Crippen LogP contribution in [0.15, 0.2) is 66.9 Å². The molecule has 0 aliphatic rings. The van der Waals surface area contributed by atoms with Crippen LogP contribution in [0, 0.1) is 12.7 Å². The number of thiol groups is 1. The molecule has 2 aromatic heterocycles. The number of hydrogen-bond donors (Lipinski definition) is 4. The molecule has 5 rings (SSSR count). The summed E-state index contributed by atoms with van der Waals surface area (Å²) >= 11 is 0. The SMILES string of the molecule is COc1cc2cc(C(=O)c3cnn(-c4ccc(Oc5ccccc5F)cc4C)c3N)[nH]c2cc1N[SH](C)(C)=O. The van der Waals surface area contributed by atoms with Crippen LogP contribution in [-0.4, -0.2) is 44.4 Å². The van der Waals surface area contributed by atoms with E-state index in [2.05, 4.69) is 14.8 Å². The van der Waals surface area contributed by atoms with Crippen molar-refractivity contribution in [2.75, 3.05) is 30.1 Å². The molecule has 0 aliphatic carbocycles. The zero-order valence-electron chi connectivity index (χ0n) is 21.8. The van der Waals surface area contributed by atoms with Gasteiger partial charge in [-0.15, -0.1) is 0 Å². The number of benzene rings is 3. The van der Waals surface area contributed by atoms with Crippen molar-refractivity contribution in [1.82, 2.24) is 14.8 Å². The van der Waals surface area contributed by atoms with E-state index in [1.165, 1.54) is 24.1 Å². The number of para-hydroxylation sites is 1. The van der Waals surface area contributed by atoms with Crippen LogP contribution in [0.4, 0.5) is 15.9 Å². The monoisotopic (exact) mass is 549 g/mol. The van der Waals surface area contributed by atoms with Crippen LogP contribution >= 0.6 is 0 Å².